The van der Waals surface area contributed by atoms with E-state index in [1.807, 2.05) is 19.1 Å². The van der Waals surface area contributed by atoms with Crippen molar-refractivity contribution < 1.29 is 0 Å². The van der Waals surface area contributed by atoms with E-state index in [0.717, 1.165) is 17.9 Å². The standard InChI is InChI=1S/C12H14ClN5/c1-2-14-11-5-6-15-12(18-11)17-8-9-3-4-10(13)16-7-9/h3-7H,2,8H2,1H3,(H2,14,15,17,18). The molecular formula is C12H14ClN5. The smallest absolute Gasteiger partial charge is 0.224 e. The van der Waals surface area contributed by atoms with Gasteiger partial charge in [-0.15, -0.1) is 0 Å². The van der Waals surface area contributed by atoms with Crippen LogP contribution < -0.4 is 10.6 Å². The van der Waals surface area contributed by atoms with Crippen LogP contribution in [0.2, 0.25) is 5.15 Å². The Bertz CT molecular complexity index is 500. The SMILES string of the molecule is CCNc1ccnc(NCc2ccc(Cl)nc2)n1. The zero-order valence-corrected chi connectivity index (χ0v) is 10.8. The van der Waals surface area contributed by atoms with Gasteiger partial charge in [0.2, 0.25) is 5.95 Å². The van der Waals surface area contributed by atoms with Gasteiger partial charge in [-0.1, -0.05) is 17.7 Å². The fraction of sp³-hybridized carbons (Fsp3) is 0.250. The first-order valence-electron chi connectivity index (χ1n) is 5.69. The molecule has 2 heterocycles. The van der Waals surface area contributed by atoms with Crippen LogP contribution in [0.3, 0.4) is 0 Å². The summed E-state index contributed by atoms with van der Waals surface area (Å²) in [5.41, 5.74) is 1.02. The molecule has 2 aromatic heterocycles. The zero-order chi connectivity index (χ0) is 12.8. The van der Waals surface area contributed by atoms with Crippen LogP contribution in [-0.4, -0.2) is 21.5 Å². The number of hydrogen-bond acceptors (Lipinski definition) is 5. The maximum Gasteiger partial charge on any atom is 0.224 e. The monoisotopic (exact) mass is 263 g/mol. The van der Waals surface area contributed by atoms with Gasteiger partial charge < -0.3 is 10.6 Å². The molecule has 94 valence electrons. The topological polar surface area (TPSA) is 62.7 Å². The summed E-state index contributed by atoms with van der Waals surface area (Å²) in [6.07, 6.45) is 3.44. The molecule has 0 aromatic carbocycles. The third-order valence-corrected chi connectivity index (χ3v) is 2.48. The second-order valence-electron chi connectivity index (χ2n) is 3.64. The fourth-order valence-electron chi connectivity index (χ4n) is 1.42. The molecule has 0 fully saturated rings. The quantitative estimate of drug-likeness (QED) is 0.812. The maximum absolute atomic E-state index is 5.72. The molecule has 0 unspecified atom stereocenters. The van der Waals surface area contributed by atoms with Crippen LogP contribution in [0.4, 0.5) is 11.8 Å². The van der Waals surface area contributed by atoms with E-state index in [0.29, 0.717) is 17.6 Å². The molecule has 0 aliphatic heterocycles. The van der Waals surface area contributed by atoms with Gasteiger partial charge in [0.1, 0.15) is 11.0 Å². The Balaban J connectivity index is 1.97. The molecule has 2 aromatic rings. The van der Waals surface area contributed by atoms with Crippen LogP contribution in [0.5, 0.6) is 0 Å². The lowest BCUT2D eigenvalue weighted by molar-refractivity contribution is 1.03. The fourth-order valence-corrected chi connectivity index (χ4v) is 1.53. The molecule has 2 rings (SSSR count). The van der Waals surface area contributed by atoms with Crippen LogP contribution in [-0.2, 0) is 6.54 Å². The molecule has 5 nitrogen and oxygen atoms in total. The van der Waals surface area contributed by atoms with Crippen molar-refractivity contribution in [1.82, 2.24) is 15.0 Å². The molecule has 0 atom stereocenters. The summed E-state index contributed by atoms with van der Waals surface area (Å²) in [5, 5.41) is 6.76. The number of aromatic nitrogens is 3. The van der Waals surface area contributed by atoms with E-state index < -0.39 is 0 Å². The van der Waals surface area contributed by atoms with Gasteiger partial charge in [0.15, 0.2) is 0 Å². The molecule has 18 heavy (non-hydrogen) atoms. The number of pyridine rings is 1. The second kappa shape index (κ2) is 6.16. The van der Waals surface area contributed by atoms with Crippen molar-refractivity contribution in [2.24, 2.45) is 0 Å². The molecule has 0 aliphatic carbocycles. The number of anilines is 2. The molecular weight excluding hydrogens is 250 g/mol. The number of nitrogens with one attached hydrogen (secondary N) is 2. The molecule has 2 N–H and O–H groups in total. The normalized spacial score (nSPS) is 10.1. The summed E-state index contributed by atoms with van der Waals surface area (Å²) in [6, 6.07) is 5.50. The predicted octanol–water partition coefficient (Wildman–Crippen LogP) is 2.57. The highest BCUT2D eigenvalue weighted by Gasteiger charge is 1.99. The number of nitrogens with zero attached hydrogens (tertiary/aromatic N) is 3. The van der Waals surface area contributed by atoms with Crippen molar-refractivity contribution >= 4 is 23.4 Å². The average molecular weight is 264 g/mol. The molecule has 0 spiro atoms. The van der Waals surface area contributed by atoms with E-state index in [-0.39, 0.29) is 0 Å². The third kappa shape index (κ3) is 3.56. The Labute approximate surface area is 111 Å². The van der Waals surface area contributed by atoms with Gasteiger partial charge in [0.05, 0.1) is 0 Å². The van der Waals surface area contributed by atoms with Crippen molar-refractivity contribution in [1.29, 1.82) is 0 Å². The lowest BCUT2D eigenvalue weighted by atomic mass is 10.3. The van der Waals surface area contributed by atoms with Gasteiger partial charge in [0.25, 0.3) is 0 Å². The predicted molar refractivity (Wildman–Crippen MR) is 72.8 cm³/mol. The first-order valence-corrected chi connectivity index (χ1v) is 6.07. The Hall–Kier alpha value is -1.88. The van der Waals surface area contributed by atoms with Gasteiger partial charge in [-0.25, -0.2) is 9.97 Å². The van der Waals surface area contributed by atoms with Crippen molar-refractivity contribution in [3.63, 3.8) is 0 Å². The van der Waals surface area contributed by atoms with Crippen molar-refractivity contribution in [3.05, 3.63) is 41.3 Å². The highest BCUT2D eigenvalue weighted by atomic mass is 35.5. The van der Waals surface area contributed by atoms with Crippen LogP contribution in [0.15, 0.2) is 30.6 Å². The minimum absolute atomic E-state index is 0.490. The van der Waals surface area contributed by atoms with Crippen molar-refractivity contribution in [3.8, 4) is 0 Å². The van der Waals surface area contributed by atoms with Crippen LogP contribution in [0.25, 0.3) is 0 Å². The number of rotatable bonds is 5. The summed E-state index contributed by atoms with van der Waals surface area (Å²) >= 11 is 5.72. The van der Waals surface area contributed by atoms with Crippen LogP contribution >= 0.6 is 11.6 Å². The first kappa shape index (κ1) is 12.6. The Morgan fingerprint density at radius 2 is 2.06 bits per heavy atom. The third-order valence-electron chi connectivity index (χ3n) is 2.25. The van der Waals surface area contributed by atoms with E-state index in [9.17, 15) is 0 Å². The number of halogens is 1. The summed E-state index contributed by atoms with van der Waals surface area (Å²) in [5.74, 6) is 1.40. The van der Waals surface area contributed by atoms with Gasteiger partial charge in [-0.2, -0.15) is 4.98 Å². The summed E-state index contributed by atoms with van der Waals surface area (Å²) in [6.45, 7) is 3.46. The zero-order valence-electron chi connectivity index (χ0n) is 10.0. The second-order valence-corrected chi connectivity index (χ2v) is 4.03. The molecule has 0 aliphatic rings. The minimum Gasteiger partial charge on any atom is -0.370 e. The molecule has 0 bridgehead atoms. The van der Waals surface area contributed by atoms with Crippen molar-refractivity contribution in [2.75, 3.05) is 17.2 Å². The molecule has 0 saturated heterocycles. The van der Waals surface area contributed by atoms with Gasteiger partial charge >= 0.3 is 0 Å². The van der Waals surface area contributed by atoms with E-state index in [4.69, 9.17) is 11.6 Å². The molecule has 6 heteroatoms. The molecule has 0 saturated carbocycles. The van der Waals surface area contributed by atoms with Gasteiger partial charge in [0, 0.05) is 25.5 Å². The summed E-state index contributed by atoms with van der Waals surface area (Å²) in [7, 11) is 0. The van der Waals surface area contributed by atoms with Gasteiger partial charge in [-0.05, 0) is 24.6 Å². The first-order chi connectivity index (χ1) is 8.78. The largest absolute Gasteiger partial charge is 0.370 e. The van der Waals surface area contributed by atoms with E-state index >= 15 is 0 Å². The average Bonchev–Trinajstić information content (AvgIpc) is 2.39. The summed E-state index contributed by atoms with van der Waals surface area (Å²) in [4.78, 5) is 12.5. The van der Waals surface area contributed by atoms with E-state index in [1.165, 1.54) is 0 Å². The maximum atomic E-state index is 5.72. The van der Waals surface area contributed by atoms with Crippen molar-refractivity contribution in [2.45, 2.75) is 13.5 Å². The lowest BCUT2D eigenvalue weighted by Gasteiger charge is -2.06. The highest BCUT2D eigenvalue weighted by molar-refractivity contribution is 6.29. The van der Waals surface area contributed by atoms with Crippen LogP contribution in [0, 0.1) is 0 Å². The minimum atomic E-state index is 0.490. The lowest BCUT2D eigenvalue weighted by Crippen LogP contribution is -2.06. The molecule has 0 radical (unpaired) electrons. The van der Waals surface area contributed by atoms with Crippen LogP contribution in [0.1, 0.15) is 12.5 Å². The van der Waals surface area contributed by atoms with E-state index in [2.05, 4.69) is 25.6 Å². The number of hydrogen-bond donors (Lipinski definition) is 2. The Kier molecular flexibility index (Phi) is 4.30. The Morgan fingerprint density at radius 1 is 1.17 bits per heavy atom. The molecule has 0 amide bonds. The van der Waals surface area contributed by atoms with Gasteiger partial charge in [-0.3, -0.25) is 0 Å². The van der Waals surface area contributed by atoms with E-state index in [1.54, 1.807) is 18.5 Å². The highest BCUT2D eigenvalue weighted by Crippen LogP contribution is 2.09. The Morgan fingerprint density at radius 3 is 2.78 bits per heavy atom. The summed E-state index contributed by atoms with van der Waals surface area (Å²) < 4.78 is 0.